The third-order valence-corrected chi connectivity index (χ3v) is 4.31. The van der Waals surface area contributed by atoms with Crippen molar-refractivity contribution < 1.29 is 4.79 Å². The highest BCUT2D eigenvalue weighted by molar-refractivity contribution is 5.76. The monoisotopic (exact) mass is 288 g/mol. The summed E-state index contributed by atoms with van der Waals surface area (Å²) in [4.78, 5) is 12.2. The van der Waals surface area contributed by atoms with Gasteiger partial charge in [0.25, 0.3) is 0 Å². The summed E-state index contributed by atoms with van der Waals surface area (Å²) in [5, 5.41) is 6.55. The lowest BCUT2D eigenvalue weighted by atomic mass is 9.92. The Kier molecular flexibility index (Phi) is 5.40. The van der Waals surface area contributed by atoms with Gasteiger partial charge >= 0.3 is 0 Å². The minimum atomic E-state index is -0.197. The number of carbonyl (C=O) groups is 1. The number of hydrogen-bond donors (Lipinski definition) is 2. The van der Waals surface area contributed by atoms with E-state index in [9.17, 15) is 4.79 Å². The lowest BCUT2D eigenvalue weighted by Gasteiger charge is -2.27. The molecule has 2 N–H and O–H groups in total. The van der Waals surface area contributed by atoms with Crippen molar-refractivity contribution in [3.63, 3.8) is 0 Å². The second-order valence-corrected chi connectivity index (χ2v) is 6.93. The molecule has 1 aromatic rings. The van der Waals surface area contributed by atoms with Gasteiger partial charge in [0.2, 0.25) is 5.91 Å². The molecule has 3 nitrogen and oxygen atoms in total. The molecule has 0 saturated carbocycles. The number of amides is 1. The zero-order chi connectivity index (χ0) is 15.3. The Morgan fingerprint density at radius 3 is 2.81 bits per heavy atom. The highest BCUT2D eigenvalue weighted by atomic mass is 16.1. The Bertz CT molecular complexity index is 476. The topological polar surface area (TPSA) is 41.1 Å². The Labute approximate surface area is 128 Å². The number of aryl methyl sites for hydroxylation is 1. The van der Waals surface area contributed by atoms with Gasteiger partial charge in [0.05, 0.1) is 0 Å². The third-order valence-electron chi connectivity index (χ3n) is 4.31. The first-order valence-electron chi connectivity index (χ1n) is 8.02. The van der Waals surface area contributed by atoms with Crippen LogP contribution in [0, 0.1) is 12.8 Å². The number of carbonyl (C=O) groups excluding carboxylic acids is 1. The second kappa shape index (κ2) is 7.08. The van der Waals surface area contributed by atoms with Gasteiger partial charge in [-0.15, -0.1) is 0 Å². The number of rotatable bonds is 6. The largest absolute Gasteiger partial charge is 0.351 e. The van der Waals surface area contributed by atoms with Crippen LogP contribution in [0.1, 0.15) is 44.2 Å². The van der Waals surface area contributed by atoms with E-state index in [-0.39, 0.29) is 11.4 Å². The van der Waals surface area contributed by atoms with Gasteiger partial charge in [-0.25, -0.2) is 0 Å². The molecule has 1 aliphatic rings. The van der Waals surface area contributed by atoms with E-state index in [1.54, 1.807) is 0 Å². The molecule has 1 heterocycles. The van der Waals surface area contributed by atoms with Crippen molar-refractivity contribution in [3.05, 3.63) is 35.4 Å². The molecule has 116 valence electrons. The van der Waals surface area contributed by atoms with Crippen LogP contribution in [0.2, 0.25) is 0 Å². The first kappa shape index (κ1) is 16.0. The molecular formula is C18H28N2O. The summed E-state index contributed by atoms with van der Waals surface area (Å²) in [7, 11) is 0. The number of nitrogens with one attached hydrogen (secondary N) is 2. The molecule has 0 bridgehead atoms. The van der Waals surface area contributed by atoms with Crippen LogP contribution in [-0.2, 0) is 11.2 Å². The average molecular weight is 288 g/mol. The van der Waals surface area contributed by atoms with Crippen LogP contribution >= 0.6 is 0 Å². The Hall–Kier alpha value is -1.35. The predicted molar refractivity (Wildman–Crippen MR) is 87.3 cm³/mol. The van der Waals surface area contributed by atoms with Gasteiger partial charge in [-0.3, -0.25) is 4.79 Å². The summed E-state index contributed by atoms with van der Waals surface area (Å²) in [6.07, 6.45) is 3.72. The fraction of sp³-hybridized carbons (Fsp3) is 0.611. The van der Waals surface area contributed by atoms with Gasteiger partial charge in [0.15, 0.2) is 0 Å². The van der Waals surface area contributed by atoms with Crippen molar-refractivity contribution in [1.82, 2.24) is 10.6 Å². The molecule has 1 unspecified atom stereocenters. The molecule has 1 aromatic carbocycles. The molecule has 0 aliphatic carbocycles. The molecule has 1 amide bonds. The standard InChI is InChI=1S/C18H28N2O/c1-14-6-4-5-7-16(14)12-18(2,3)20-17(21)9-8-15-10-11-19-13-15/h4-7,15,19H,8-13H2,1-3H3,(H,20,21). The molecule has 21 heavy (non-hydrogen) atoms. The molecule has 1 saturated heterocycles. The molecule has 3 heteroatoms. The van der Waals surface area contributed by atoms with E-state index in [2.05, 4.69) is 55.7 Å². The molecule has 1 fully saturated rings. The number of benzene rings is 1. The second-order valence-electron chi connectivity index (χ2n) is 6.93. The van der Waals surface area contributed by atoms with Crippen LogP contribution in [0.25, 0.3) is 0 Å². The average Bonchev–Trinajstić information content (AvgIpc) is 2.91. The highest BCUT2D eigenvalue weighted by Crippen LogP contribution is 2.18. The maximum Gasteiger partial charge on any atom is 0.220 e. The lowest BCUT2D eigenvalue weighted by molar-refractivity contribution is -0.122. The van der Waals surface area contributed by atoms with E-state index in [4.69, 9.17) is 0 Å². The number of hydrogen-bond acceptors (Lipinski definition) is 2. The van der Waals surface area contributed by atoms with E-state index >= 15 is 0 Å². The van der Waals surface area contributed by atoms with Gasteiger partial charge < -0.3 is 10.6 Å². The smallest absolute Gasteiger partial charge is 0.220 e. The SMILES string of the molecule is Cc1ccccc1CC(C)(C)NC(=O)CCC1CCNC1. The minimum absolute atomic E-state index is 0.181. The van der Waals surface area contributed by atoms with Crippen molar-refractivity contribution in [2.45, 2.75) is 52.0 Å². The van der Waals surface area contributed by atoms with Crippen LogP contribution in [0.3, 0.4) is 0 Å². The molecule has 0 spiro atoms. The maximum absolute atomic E-state index is 12.2. The van der Waals surface area contributed by atoms with E-state index in [0.29, 0.717) is 12.3 Å². The Morgan fingerprint density at radius 2 is 2.14 bits per heavy atom. The van der Waals surface area contributed by atoms with E-state index < -0.39 is 0 Å². The summed E-state index contributed by atoms with van der Waals surface area (Å²) < 4.78 is 0. The Balaban J connectivity index is 1.82. The summed E-state index contributed by atoms with van der Waals surface area (Å²) in [6.45, 7) is 8.51. The summed E-state index contributed by atoms with van der Waals surface area (Å²) >= 11 is 0. The van der Waals surface area contributed by atoms with Crippen LogP contribution in [0.15, 0.2) is 24.3 Å². The van der Waals surface area contributed by atoms with Crippen molar-refractivity contribution in [2.24, 2.45) is 5.92 Å². The zero-order valence-electron chi connectivity index (χ0n) is 13.5. The van der Waals surface area contributed by atoms with Gasteiger partial charge in [-0.2, -0.15) is 0 Å². The van der Waals surface area contributed by atoms with E-state index in [1.807, 2.05) is 0 Å². The molecular weight excluding hydrogens is 260 g/mol. The minimum Gasteiger partial charge on any atom is -0.351 e. The molecule has 2 rings (SSSR count). The summed E-state index contributed by atoms with van der Waals surface area (Å²) in [5.41, 5.74) is 2.40. The van der Waals surface area contributed by atoms with Crippen molar-refractivity contribution in [3.8, 4) is 0 Å². The fourth-order valence-electron chi connectivity index (χ4n) is 3.06. The molecule has 1 aliphatic heterocycles. The first-order valence-corrected chi connectivity index (χ1v) is 8.02. The molecule has 1 atom stereocenters. The van der Waals surface area contributed by atoms with Crippen molar-refractivity contribution in [2.75, 3.05) is 13.1 Å². The molecule has 0 radical (unpaired) electrons. The first-order chi connectivity index (χ1) is 9.96. The lowest BCUT2D eigenvalue weighted by Crippen LogP contribution is -2.45. The normalized spacial score (nSPS) is 18.7. The third kappa shape index (κ3) is 5.16. The van der Waals surface area contributed by atoms with Crippen molar-refractivity contribution in [1.29, 1.82) is 0 Å². The quantitative estimate of drug-likeness (QED) is 0.845. The van der Waals surface area contributed by atoms with Gasteiger partial charge in [-0.1, -0.05) is 24.3 Å². The van der Waals surface area contributed by atoms with Crippen LogP contribution < -0.4 is 10.6 Å². The molecule has 0 aromatic heterocycles. The van der Waals surface area contributed by atoms with Crippen LogP contribution in [0.5, 0.6) is 0 Å². The predicted octanol–water partition coefficient (Wildman–Crippen LogP) is 2.82. The summed E-state index contributed by atoms with van der Waals surface area (Å²) in [6, 6.07) is 8.39. The maximum atomic E-state index is 12.2. The van der Waals surface area contributed by atoms with Gasteiger partial charge in [0, 0.05) is 12.0 Å². The Morgan fingerprint density at radius 1 is 1.38 bits per heavy atom. The fourth-order valence-corrected chi connectivity index (χ4v) is 3.06. The zero-order valence-corrected chi connectivity index (χ0v) is 13.5. The van der Waals surface area contributed by atoms with Gasteiger partial charge in [-0.05, 0) is 70.2 Å². The van der Waals surface area contributed by atoms with Crippen LogP contribution in [0.4, 0.5) is 0 Å². The highest BCUT2D eigenvalue weighted by Gasteiger charge is 2.22. The van der Waals surface area contributed by atoms with E-state index in [1.165, 1.54) is 17.5 Å². The summed E-state index contributed by atoms with van der Waals surface area (Å²) in [5.74, 6) is 0.857. The van der Waals surface area contributed by atoms with Gasteiger partial charge in [0.1, 0.15) is 0 Å². The van der Waals surface area contributed by atoms with Crippen LogP contribution in [-0.4, -0.2) is 24.5 Å². The van der Waals surface area contributed by atoms with E-state index in [0.717, 1.165) is 25.9 Å². The van der Waals surface area contributed by atoms with Crippen molar-refractivity contribution >= 4 is 5.91 Å².